The molecule has 1 aliphatic heterocycles. The molecule has 1 aliphatic carbocycles. The van der Waals surface area contributed by atoms with Crippen molar-refractivity contribution in [3.63, 3.8) is 0 Å². The van der Waals surface area contributed by atoms with E-state index in [1.165, 1.54) is 42.4 Å². The van der Waals surface area contributed by atoms with E-state index in [0.29, 0.717) is 17.5 Å². The zero-order valence-electron chi connectivity index (χ0n) is 30.6. The van der Waals surface area contributed by atoms with E-state index in [4.69, 9.17) is 19.7 Å². The van der Waals surface area contributed by atoms with Gasteiger partial charge in [-0.25, -0.2) is 15.0 Å². The summed E-state index contributed by atoms with van der Waals surface area (Å²) < 4.78 is 9.23. The van der Waals surface area contributed by atoms with E-state index in [-0.39, 0.29) is 0 Å². The molecule has 0 N–H and O–H groups in total. The summed E-state index contributed by atoms with van der Waals surface area (Å²) in [6.07, 6.45) is 0. The Kier molecular flexibility index (Phi) is 6.98. The molecule has 1 spiro atoms. The number of benzene rings is 8. The maximum Gasteiger partial charge on any atom is 0.164 e. The van der Waals surface area contributed by atoms with E-state index in [2.05, 4.69) is 127 Å². The summed E-state index contributed by atoms with van der Waals surface area (Å²) in [5.41, 5.74) is 11.9. The summed E-state index contributed by atoms with van der Waals surface area (Å²) in [5, 5.41) is 2.58. The van der Waals surface area contributed by atoms with Crippen LogP contribution in [0.3, 0.4) is 0 Å². The Bertz CT molecular complexity index is 3120. The molecule has 4 nitrogen and oxygen atoms in total. The van der Waals surface area contributed by atoms with Crippen molar-refractivity contribution < 1.29 is 4.74 Å². The minimum Gasteiger partial charge on any atom is -0.457 e. The predicted octanol–water partition coefficient (Wildman–Crippen LogP) is 13.4. The lowest BCUT2D eigenvalue weighted by atomic mass is 9.66. The van der Waals surface area contributed by atoms with E-state index in [9.17, 15) is 0 Å². The smallest absolute Gasteiger partial charge is 0.164 e. The number of thiophene rings is 1. The fraction of sp³-hybridized carbons (Fsp3) is 0.0192. The van der Waals surface area contributed by atoms with E-state index < -0.39 is 5.41 Å². The van der Waals surface area contributed by atoms with Crippen molar-refractivity contribution in [3.05, 3.63) is 210 Å². The highest BCUT2D eigenvalue weighted by Gasteiger charge is 2.51. The molecule has 0 saturated heterocycles. The molecule has 0 bridgehead atoms. The van der Waals surface area contributed by atoms with Crippen LogP contribution in [0.5, 0.6) is 11.5 Å². The number of ether oxygens (including phenoxy) is 1. The molecule has 57 heavy (non-hydrogen) atoms. The molecule has 0 atom stereocenters. The van der Waals surface area contributed by atoms with Crippen LogP contribution in [0, 0.1) is 0 Å². The zero-order chi connectivity index (χ0) is 37.5. The van der Waals surface area contributed by atoms with Crippen LogP contribution in [0.1, 0.15) is 22.3 Å². The number of hydrogen-bond donors (Lipinski definition) is 0. The van der Waals surface area contributed by atoms with Crippen LogP contribution in [0.25, 0.3) is 76.6 Å². The van der Waals surface area contributed by atoms with Gasteiger partial charge in [0.05, 0.1) is 5.41 Å². The minimum atomic E-state index is -0.555. The zero-order valence-corrected chi connectivity index (χ0v) is 31.4. The first-order chi connectivity index (χ1) is 28.2. The first-order valence-electron chi connectivity index (χ1n) is 19.2. The minimum absolute atomic E-state index is 0.555. The van der Waals surface area contributed by atoms with Gasteiger partial charge in [0.2, 0.25) is 0 Å². The number of aromatic nitrogens is 3. The monoisotopic (exact) mass is 745 g/mol. The molecular weight excluding hydrogens is 715 g/mol. The molecule has 0 amide bonds. The molecule has 12 rings (SSSR count). The number of hydrogen-bond acceptors (Lipinski definition) is 5. The third-order valence-electron chi connectivity index (χ3n) is 11.6. The number of para-hydroxylation sites is 2. The Labute approximate surface area is 333 Å². The molecule has 10 aromatic rings. The van der Waals surface area contributed by atoms with Crippen molar-refractivity contribution >= 4 is 31.5 Å². The fourth-order valence-corrected chi connectivity index (χ4v) is 10.2. The Morgan fingerprint density at radius 1 is 0.351 bits per heavy atom. The summed E-state index contributed by atoms with van der Waals surface area (Å²) in [6, 6.07) is 66.7. The van der Waals surface area contributed by atoms with Gasteiger partial charge in [-0.2, -0.15) is 0 Å². The van der Waals surface area contributed by atoms with Crippen molar-refractivity contribution in [2.24, 2.45) is 0 Å². The lowest BCUT2D eigenvalue weighted by Crippen LogP contribution is -2.32. The van der Waals surface area contributed by atoms with Gasteiger partial charge in [0.25, 0.3) is 0 Å². The van der Waals surface area contributed by atoms with Crippen LogP contribution in [-0.4, -0.2) is 15.0 Å². The first-order valence-corrected chi connectivity index (χ1v) is 20.0. The van der Waals surface area contributed by atoms with Crippen LogP contribution in [0.15, 0.2) is 188 Å². The number of nitrogens with zero attached hydrogens (tertiary/aromatic N) is 3. The Balaban J connectivity index is 1.07. The second kappa shape index (κ2) is 12.4. The molecule has 0 fully saturated rings. The molecule has 2 aromatic heterocycles. The topological polar surface area (TPSA) is 47.9 Å². The average Bonchev–Trinajstić information content (AvgIpc) is 3.79. The number of fused-ring (bicyclic) bond motifs is 12. The van der Waals surface area contributed by atoms with Crippen LogP contribution in [0.4, 0.5) is 0 Å². The van der Waals surface area contributed by atoms with Gasteiger partial charge < -0.3 is 4.74 Å². The van der Waals surface area contributed by atoms with Gasteiger partial charge in [-0.15, -0.1) is 11.3 Å². The molecule has 2 aliphatic rings. The summed E-state index contributed by atoms with van der Waals surface area (Å²) in [5.74, 6) is 3.72. The lowest BCUT2D eigenvalue weighted by molar-refractivity contribution is 0.436. The van der Waals surface area contributed by atoms with Gasteiger partial charge in [-0.1, -0.05) is 146 Å². The van der Waals surface area contributed by atoms with Gasteiger partial charge in [-0.3, -0.25) is 0 Å². The van der Waals surface area contributed by atoms with E-state index >= 15 is 0 Å². The van der Waals surface area contributed by atoms with Crippen molar-refractivity contribution in [3.8, 4) is 67.9 Å². The van der Waals surface area contributed by atoms with E-state index in [1.807, 2.05) is 72.0 Å². The van der Waals surface area contributed by atoms with E-state index in [0.717, 1.165) is 50.4 Å². The fourth-order valence-electron chi connectivity index (χ4n) is 9.07. The highest BCUT2D eigenvalue weighted by molar-refractivity contribution is 7.25. The van der Waals surface area contributed by atoms with E-state index in [1.54, 1.807) is 0 Å². The summed E-state index contributed by atoms with van der Waals surface area (Å²) in [4.78, 5) is 15.0. The standard InChI is InChI=1S/C52H31N3OS/c1-3-14-32(15-4-1)49-53-50(33-16-5-2-6-17-33)55-51(54-49)36-19-13-18-34(28-36)35-26-27-41-38(29-35)39-31-48-40(37-20-7-12-25-47(37)57-48)30-44(39)52(41)42-21-8-10-23-45(42)56-46-24-11-9-22-43(46)52/h1-31H. The first kappa shape index (κ1) is 32.1. The summed E-state index contributed by atoms with van der Waals surface area (Å²) in [6.45, 7) is 0. The quantitative estimate of drug-likeness (QED) is 0.180. The van der Waals surface area contributed by atoms with Crippen molar-refractivity contribution in [1.82, 2.24) is 15.0 Å². The Morgan fingerprint density at radius 2 is 0.895 bits per heavy atom. The van der Waals surface area contributed by atoms with Crippen LogP contribution in [-0.2, 0) is 5.41 Å². The Morgan fingerprint density at radius 3 is 1.60 bits per heavy atom. The second-order valence-corrected chi connectivity index (χ2v) is 15.8. The SMILES string of the molecule is c1ccc(-c2nc(-c3ccccc3)nc(-c3cccc(-c4ccc5c(c4)-c4cc6sc7ccccc7c6cc4C54c5ccccc5Oc5ccccc54)c3)n2)cc1. The van der Waals surface area contributed by atoms with Gasteiger partial charge in [0.1, 0.15) is 11.5 Å². The third-order valence-corrected chi connectivity index (χ3v) is 12.7. The number of rotatable bonds is 4. The summed E-state index contributed by atoms with van der Waals surface area (Å²) in [7, 11) is 0. The lowest BCUT2D eigenvalue weighted by Gasteiger charge is -2.39. The third kappa shape index (κ3) is 4.82. The molecule has 266 valence electrons. The van der Waals surface area contributed by atoms with Crippen LogP contribution < -0.4 is 4.74 Å². The van der Waals surface area contributed by atoms with Gasteiger partial charge >= 0.3 is 0 Å². The van der Waals surface area contributed by atoms with Gasteiger partial charge in [0.15, 0.2) is 17.5 Å². The average molecular weight is 746 g/mol. The molecule has 3 heterocycles. The highest BCUT2D eigenvalue weighted by atomic mass is 32.1. The maximum atomic E-state index is 6.64. The largest absolute Gasteiger partial charge is 0.457 e. The van der Waals surface area contributed by atoms with Crippen LogP contribution >= 0.6 is 11.3 Å². The molecule has 0 unspecified atom stereocenters. The second-order valence-electron chi connectivity index (χ2n) is 14.7. The van der Waals surface area contributed by atoms with Gasteiger partial charge in [0, 0.05) is 48.0 Å². The maximum absolute atomic E-state index is 6.64. The van der Waals surface area contributed by atoms with Crippen molar-refractivity contribution in [1.29, 1.82) is 0 Å². The molecule has 0 radical (unpaired) electrons. The van der Waals surface area contributed by atoms with Crippen LogP contribution in [0.2, 0.25) is 0 Å². The predicted molar refractivity (Wildman–Crippen MR) is 232 cm³/mol. The highest BCUT2D eigenvalue weighted by Crippen LogP contribution is 2.63. The molecular formula is C52H31N3OS. The molecule has 8 aromatic carbocycles. The normalized spacial score (nSPS) is 13.2. The summed E-state index contributed by atoms with van der Waals surface area (Å²) >= 11 is 1.86. The van der Waals surface area contributed by atoms with Crippen molar-refractivity contribution in [2.75, 3.05) is 0 Å². The van der Waals surface area contributed by atoms with Gasteiger partial charge in [-0.05, 0) is 75.8 Å². The molecule has 5 heteroatoms. The van der Waals surface area contributed by atoms with Crippen molar-refractivity contribution in [2.45, 2.75) is 5.41 Å². The molecule has 0 saturated carbocycles. The Hall–Kier alpha value is -7.21.